The zero-order valence-corrected chi connectivity index (χ0v) is 12.8. The summed E-state index contributed by atoms with van der Waals surface area (Å²) in [7, 11) is 1.62. The molecular formula is C16H20N2O3. The van der Waals surface area contributed by atoms with Crippen LogP contribution in [0.3, 0.4) is 0 Å². The van der Waals surface area contributed by atoms with Gasteiger partial charge in [-0.05, 0) is 20.8 Å². The van der Waals surface area contributed by atoms with Crippen LogP contribution in [0.4, 0.5) is 0 Å². The van der Waals surface area contributed by atoms with E-state index >= 15 is 0 Å². The lowest BCUT2D eigenvalue weighted by Gasteiger charge is -2.24. The lowest BCUT2D eigenvalue weighted by molar-refractivity contribution is 0.0347. The van der Waals surface area contributed by atoms with Crippen molar-refractivity contribution in [3.05, 3.63) is 41.7 Å². The van der Waals surface area contributed by atoms with E-state index in [2.05, 4.69) is 5.16 Å². The number of aryl methyl sites for hydroxylation is 1. The number of hydrogen-bond acceptors (Lipinski definition) is 4. The average molecular weight is 288 g/mol. The number of nitrogens with zero attached hydrogens (tertiary/aromatic N) is 2. The molecule has 0 radical (unpaired) electrons. The van der Waals surface area contributed by atoms with Gasteiger partial charge in [-0.3, -0.25) is 4.79 Å². The van der Waals surface area contributed by atoms with Crippen LogP contribution in [0.15, 0.2) is 34.9 Å². The lowest BCUT2D eigenvalue weighted by atomic mass is 10.1. The summed E-state index contributed by atoms with van der Waals surface area (Å²) in [4.78, 5) is 13.6. The van der Waals surface area contributed by atoms with E-state index in [9.17, 15) is 9.90 Å². The van der Waals surface area contributed by atoms with E-state index in [4.69, 9.17) is 4.52 Å². The standard InChI is InChI=1S/C16H20N2O3/c1-11-5-7-12(8-6-11)13-9-14(21-17-13)15(19)18(4)10-16(2,3)20/h5-9,20H,10H2,1-4H3. The lowest BCUT2D eigenvalue weighted by Crippen LogP contribution is -2.39. The number of amides is 1. The number of carbonyl (C=O) groups excluding carboxylic acids is 1. The number of aliphatic hydroxyl groups is 1. The minimum atomic E-state index is -0.954. The molecule has 112 valence electrons. The minimum Gasteiger partial charge on any atom is -0.389 e. The third-order valence-corrected chi connectivity index (χ3v) is 3.04. The van der Waals surface area contributed by atoms with Gasteiger partial charge in [0.25, 0.3) is 5.91 Å². The van der Waals surface area contributed by atoms with Crippen LogP contribution >= 0.6 is 0 Å². The molecule has 5 heteroatoms. The van der Waals surface area contributed by atoms with Gasteiger partial charge in [0, 0.05) is 25.2 Å². The Labute approximate surface area is 124 Å². The molecular weight excluding hydrogens is 268 g/mol. The summed E-state index contributed by atoms with van der Waals surface area (Å²) in [6.45, 7) is 5.52. The van der Waals surface area contributed by atoms with E-state index in [0.29, 0.717) is 5.69 Å². The van der Waals surface area contributed by atoms with Crippen LogP contribution in [0.1, 0.15) is 30.0 Å². The molecule has 0 bridgehead atoms. The number of hydrogen-bond donors (Lipinski definition) is 1. The number of carbonyl (C=O) groups is 1. The number of benzene rings is 1. The molecule has 1 N–H and O–H groups in total. The van der Waals surface area contributed by atoms with Gasteiger partial charge in [0.05, 0.1) is 5.60 Å². The summed E-state index contributed by atoms with van der Waals surface area (Å²) in [6.07, 6.45) is 0. The summed E-state index contributed by atoms with van der Waals surface area (Å²) in [5.74, 6) is -0.139. The molecule has 0 saturated heterocycles. The van der Waals surface area contributed by atoms with Gasteiger partial charge in [-0.25, -0.2) is 0 Å². The quantitative estimate of drug-likeness (QED) is 0.938. The summed E-state index contributed by atoms with van der Waals surface area (Å²) >= 11 is 0. The van der Waals surface area contributed by atoms with Crippen molar-refractivity contribution in [3.8, 4) is 11.3 Å². The van der Waals surface area contributed by atoms with E-state index in [1.54, 1.807) is 27.0 Å². The highest BCUT2D eigenvalue weighted by Gasteiger charge is 2.23. The van der Waals surface area contributed by atoms with Crippen LogP contribution in [0.5, 0.6) is 0 Å². The second-order valence-corrected chi connectivity index (χ2v) is 5.92. The van der Waals surface area contributed by atoms with Crippen LogP contribution in [0.2, 0.25) is 0 Å². The van der Waals surface area contributed by atoms with Gasteiger partial charge in [-0.15, -0.1) is 0 Å². The zero-order chi connectivity index (χ0) is 15.6. The molecule has 1 aromatic carbocycles. The first-order chi connectivity index (χ1) is 9.76. The minimum absolute atomic E-state index is 0.164. The molecule has 2 rings (SSSR count). The highest BCUT2D eigenvalue weighted by molar-refractivity contribution is 5.92. The molecule has 5 nitrogen and oxygen atoms in total. The Balaban J connectivity index is 2.16. The molecule has 1 aromatic heterocycles. The maximum absolute atomic E-state index is 12.2. The molecule has 0 aliphatic heterocycles. The van der Waals surface area contributed by atoms with Crippen molar-refractivity contribution in [3.63, 3.8) is 0 Å². The first kappa shape index (κ1) is 15.3. The fourth-order valence-electron chi connectivity index (χ4n) is 2.08. The van der Waals surface area contributed by atoms with Crippen molar-refractivity contribution < 1.29 is 14.4 Å². The van der Waals surface area contributed by atoms with Crippen molar-refractivity contribution in [1.29, 1.82) is 0 Å². The van der Waals surface area contributed by atoms with E-state index in [1.807, 2.05) is 31.2 Å². The second kappa shape index (κ2) is 5.69. The first-order valence-electron chi connectivity index (χ1n) is 6.78. The predicted molar refractivity (Wildman–Crippen MR) is 79.9 cm³/mol. The van der Waals surface area contributed by atoms with Crippen molar-refractivity contribution in [2.24, 2.45) is 0 Å². The SMILES string of the molecule is Cc1ccc(-c2cc(C(=O)N(C)CC(C)(C)O)on2)cc1. The number of rotatable bonds is 4. The van der Waals surface area contributed by atoms with E-state index in [0.717, 1.165) is 11.1 Å². The monoisotopic (exact) mass is 288 g/mol. The van der Waals surface area contributed by atoms with Gasteiger partial charge in [-0.2, -0.15) is 0 Å². The Kier molecular flexibility index (Phi) is 4.14. The van der Waals surface area contributed by atoms with Gasteiger partial charge in [0.2, 0.25) is 5.76 Å². The Morgan fingerprint density at radius 3 is 2.52 bits per heavy atom. The zero-order valence-electron chi connectivity index (χ0n) is 12.8. The highest BCUT2D eigenvalue weighted by Crippen LogP contribution is 2.20. The van der Waals surface area contributed by atoms with Crippen molar-refractivity contribution in [2.45, 2.75) is 26.4 Å². The molecule has 1 heterocycles. The molecule has 0 aliphatic carbocycles. The summed E-state index contributed by atoms with van der Waals surface area (Å²) in [5, 5.41) is 13.7. The van der Waals surface area contributed by atoms with Crippen LogP contribution in [0, 0.1) is 6.92 Å². The largest absolute Gasteiger partial charge is 0.389 e. The molecule has 0 unspecified atom stereocenters. The fourth-order valence-corrected chi connectivity index (χ4v) is 2.08. The van der Waals surface area contributed by atoms with Crippen LogP contribution in [-0.4, -0.2) is 40.3 Å². The van der Waals surface area contributed by atoms with Gasteiger partial charge >= 0.3 is 0 Å². The predicted octanol–water partition coefficient (Wildman–Crippen LogP) is 2.49. The molecule has 0 atom stereocenters. The maximum atomic E-state index is 12.2. The summed E-state index contributed by atoms with van der Waals surface area (Å²) in [6, 6.07) is 9.44. The Bertz CT molecular complexity index is 624. The normalized spacial score (nSPS) is 11.5. The van der Waals surface area contributed by atoms with Crippen LogP contribution < -0.4 is 0 Å². The molecule has 0 fully saturated rings. The highest BCUT2D eigenvalue weighted by atomic mass is 16.5. The van der Waals surface area contributed by atoms with Crippen molar-refractivity contribution in [1.82, 2.24) is 10.1 Å². The van der Waals surface area contributed by atoms with Gasteiger partial charge in [-0.1, -0.05) is 35.0 Å². The molecule has 0 spiro atoms. The smallest absolute Gasteiger partial charge is 0.292 e. The molecule has 21 heavy (non-hydrogen) atoms. The van der Waals surface area contributed by atoms with E-state index in [-0.39, 0.29) is 18.2 Å². The Morgan fingerprint density at radius 2 is 1.95 bits per heavy atom. The number of aromatic nitrogens is 1. The third kappa shape index (κ3) is 3.92. The summed E-state index contributed by atoms with van der Waals surface area (Å²) in [5.41, 5.74) is 1.72. The Hall–Kier alpha value is -2.14. The average Bonchev–Trinajstić information content (AvgIpc) is 2.86. The fraction of sp³-hybridized carbons (Fsp3) is 0.375. The maximum Gasteiger partial charge on any atom is 0.292 e. The Morgan fingerprint density at radius 1 is 1.33 bits per heavy atom. The topological polar surface area (TPSA) is 66.6 Å². The molecule has 1 amide bonds. The molecule has 0 saturated carbocycles. The number of likely N-dealkylation sites (N-methyl/N-ethyl adjacent to an activating group) is 1. The molecule has 2 aromatic rings. The third-order valence-electron chi connectivity index (χ3n) is 3.04. The first-order valence-corrected chi connectivity index (χ1v) is 6.78. The van der Waals surface area contributed by atoms with E-state index in [1.165, 1.54) is 4.90 Å². The van der Waals surface area contributed by atoms with Crippen LogP contribution in [0.25, 0.3) is 11.3 Å². The summed E-state index contributed by atoms with van der Waals surface area (Å²) < 4.78 is 5.12. The van der Waals surface area contributed by atoms with Gasteiger partial charge in [0.1, 0.15) is 5.69 Å². The van der Waals surface area contributed by atoms with Crippen molar-refractivity contribution >= 4 is 5.91 Å². The molecule has 0 aliphatic rings. The van der Waals surface area contributed by atoms with Gasteiger partial charge < -0.3 is 14.5 Å². The van der Waals surface area contributed by atoms with Gasteiger partial charge in [0.15, 0.2) is 0 Å². The second-order valence-electron chi connectivity index (χ2n) is 5.92. The van der Waals surface area contributed by atoms with Crippen LogP contribution in [-0.2, 0) is 0 Å². The van der Waals surface area contributed by atoms with E-state index < -0.39 is 5.60 Å². The van der Waals surface area contributed by atoms with Crippen molar-refractivity contribution in [2.75, 3.05) is 13.6 Å².